The second-order valence-corrected chi connectivity index (χ2v) is 13.0. The highest BCUT2D eigenvalue weighted by molar-refractivity contribution is 6.19. The second kappa shape index (κ2) is 9.96. The van der Waals surface area contributed by atoms with Crippen LogP contribution < -0.4 is 0 Å². The van der Waals surface area contributed by atoms with Gasteiger partial charge in [0.25, 0.3) is 0 Å². The lowest BCUT2D eigenvalue weighted by atomic mass is 9.98. The summed E-state index contributed by atoms with van der Waals surface area (Å²) in [5, 5.41) is 9.70. The number of rotatable bonds is 3. The first-order valence-electron chi connectivity index (χ1n) is 16.8. The molecule has 0 radical (unpaired) electrons. The first-order valence-corrected chi connectivity index (χ1v) is 16.8. The molecule has 0 bridgehead atoms. The van der Waals surface area contributed by atoms with Crippen LogP contribution in [0.25, 0.3) is 98.8 Å². The number of aromatic nitrogens is 2. The molecule has 3 aromatic heterocycles. The molecule has 0 aliphatic carbocycles. The monoisotopic (exact) mass is 624 g/mol. The average Bonchev–Trinajstić information content (AvgIpc) is 3.80. The second-order valence-electron chi connectivity index (χ2n) is 13.0. The number of hydrogen-bond donors (Lipinski definition) is 0. The molecule has 11 rings (SSSR count). The number of hydrogen-bond acceptors (Lipinski definition) is 1. The molecule has 0 aliphatic heterocycles. The zero-order valence-corrected chi connectivity index (χ0v) is 26.5. The van der Waals surface area contributed by atoms with Gasteiger partial charge in [-0.25, -0.2) is 0 Å². The van der Waals surface area contributed by atoms with E-state index in [-0.39, 0.29) is 0 Å². The summed E-state index contributed by atoms with van der Waals surface area (Å²) in [5.41, 5.74) is 11.3. The molecule has 0 amide bonds. The van der Waals surface area contributed by atoms with Crippen molar-refractivity contribution in [2.24, 2.45) is 0 Å². The minimum Gasteiger partial charge on any atom is -0.456 e. The van der Waals surface area contributed by atoms with E-state index >= 15 is 0 Å². The minimum atomic E-state index is 0.910. The van der Waals surface area contributed by atoms with Crippen LogP contribution in [0.2, 0.25) is 0 Å². The van der Waals surface area contributed by atoms with E-state index in [4.69, 9.17) is 4.42 Å². The molecule has 0 fully saturated rings. The fourth-order valence-corrected chi connectivity index (χ4v) is 8.11. The first-order chi connectivity index (χ1) is 24.3. The van der Waals surface area contributed by atoms with Gasteiger partial charge in [-0.2, -0.15) is 0 Å². The van der Waals surface area contributed by atoms with Crippen molar-refractivity contribution in [1.29, 1.82) is 0 Å². The van der Waals surface area contributed by atoms with Gasteiger partial charge in [0.1, 0.15) is 11.2 Å². The van der Waals surface area contributed by atoms with E-state index in [1.165, 1.54) is 71.2 Å². The van der Waals surface area contributed by atoms with Gasteiger partial charge in [0.05, 0.1) is 22.1 Å². The summed E-state index contributed by atoms with van der Waals surface area (Å²) < 4.78 is 11.2. The third-order valence-electron chi connectivity index (χ3n) is 10.3. The Morgan fingerprint density at radius 1 is 0.347 bits per heavy atom. The summed E-state index contributed by atoms with van der Waals surface area (Å²) in [5.74, 6) is 0. The maximum atomic E-state index is 6.39. The van der Waals surface area contributed by atoms with Crippen LogP contribution in [0.1, 0.15) is 0 Å². The fourth-order valence-electron chi connectivity index (χ4n) is 8.11. The van der Waals surface area contributed by atoms with Crippen molar-refractivity contribution in [2.45, 2.75) is 0 Å². The van der Waals surface area contributed by atoms with Crippen molar-refractivity contribution in [1.82, 2.24) is 9.13 Å². The molecule has 8 aromatic carbocycles. The van der Waals surface area contributed by atoms with Crippen LogP contribution in [0, 0.1) is 0 Å². The maximum absolute atomic E-state index is 6.39. The highest BCUT2D eigenvalue weighted by Gasteiger charge is 2.19. The summed E-state index contributed by atoms with van der Waals surface area (Å²) >= 11 is 0. The van der Waals surface area contributed by atoms with E-state index in [1.54, 1.807) is 0 Å². The molecule has 0 spiro atoms. The molecular formula is C46H28N2O. The molecule has 0 unspecified atom stereocenters. The normalized spacial score (nSPS) is 12.1. The standard InChI is InChI=1S/C46H28N2O/c1-2-13-32(14-3-1)47-40-18-8-6-15-35(40)37-28-43-38(27-42(37)47)36-16-7-9-19-41(36)48(43)33-23-21-29(22-24-33)34-17-10-20-44-46(34)39-25-30-11-4-5-12-31(30)26-45(39)49-44/h1-28H. The summed E-state index contributed by atoms with van der Waals surface area (Å²) in [4.78, 5) is 0. The van der Waals surface area contributed by atoms with Gasteiger partial charge in [-0.1, -0.05) is 103 Å². The zero-order chi connectivity index (χ0) is 32.1. The van der Waals surface area contributed by atoms with Gasteiger partial charge in [-0.05, 0) is 88.6 Å². The van der Waals surface area contributed by atoms with E-state index in [0.29, 0.717) is 0 Å². The highest BCUT2D eigenvalue weighted by Crippen LogP contribution is 2.41. The van der Waals surface area contributed by atoms with E-state index in [1.807, 2.05) is 0 Å². The molecule has 0 N–H and O–H groups in total. The van der Waals surface area contributed by atoms with Crippen molar-refractivity contribution in [3.63, 3.8) is 0 Å². The van der Waals surface area contributed by atoms with Crippen molar-refractivity contribution in [3.05, 3.63) is 170 Å². The largest absolute Gasteiger partial charge is 0.456 e. The SMILES string of the molecule is c1ccc(-n2c3ccccc3c3cc4c(cc32)c2ccccc2n4-c2ccc(-c3cccc4oc5cc6ccccc6cc5c34)cc2)cc1. The molecule has 49 heavy (non-hydrogen) atoms. The third-order valence-corrected chi connectivity index (χ3v) is 10.3. The topological polar surface area (TPSA) is 23.0 Å². The smallest absolute Gasteiger partial charge is 0.136 e. The molecule has 0 aliphatic rings. The predicted molar refractivity (Wildman–Crippen MR) is 205 cm³/mol. The molecule has 11 aromatic rings. The number of furan rings is 1. The first kappa shape index (κ1) is 26.5. The quantitative estimate of drug-likeness (QED) is 0.192. The fraction of sp³-hybridized carbons (Fsp3) is 0. The summed E-state index contributed by atoms with van der Waals surface area (Å²) in [6, 6.07) is 61.3. The molecule has 228 valence electrons. The molecule has 3 heteroatoms. The number of benzene rings is 8. The van der Waals surface area contributed by atoms with Crippen LogP contribution >= 0.6 is 0 Å². The van der Waals surface area contributed by atoms with Gasteiger partial charge in [0.15, 0.2) is 0 Å². The molecule has 0 saturated heterocycles. The van der Waals surface area contributed by atoms with Gasteiger partial charge >= 0.3 is 0 Å². The predicted octanol–water partition coefficient (Wildman–Crippen LogP) is 12.6. The molecular weight excluding hydrogens is 597 g/mol. The lowest BCUT2D eigenvalue weighted by Gasteiger charge is -2.11. The van der Waals surface area contributed by atoms with Crippen LogP contribution in [0.3, 0.4) is 0 Å². The van der Waals surface area contributed by atoms with Crippen LogP contribution in [0.4, 0.5) is 0 Å². The Morgan fingerprint density at radius 3 is 1.59 bits per heavy atom. The van der Waals surface area contributed by atoms with Gasteiger partial charge in [-0.15, -0.1) is 0 Å². The van der Waals surface area contributed by atoms with Crippen molar-refractivity contribution >= 4 is 76.3 Å². The summed E-state index contributed by atoms with van der Waals surface area (Å²) in [6.07, 6.45) is 0. The van der Waals surface area contributed by atoms with Gasteiger partial charge in [0.2, 0.25) is 0 Å². The van der Waals surface area contributed by atoms with E-state index < -0.39 is 0 Å². The lowest BCUT2D eigenvalue weighted by molar-refractivity contribution is 0.669. The van der Waals surface area contributed by atoms with Crippen LogP contribution in [-0.4, -0.2) is 9.13 Å². The highest BCUT2D eigenvalue weighted by atomic mass is 16.3. The molecule has 3 nitrogen and oxygen atoms in total. The Bertz CT molecular complexity index is 3090. The average molecular weight is 625 g/mol. The third kappa shape index (κ3) is 3.78. The minimum absolute atomic E-state index is 0.910. The molecule has 0 atom stereocenters. The Balaban J connectivity index is 1.13. The van der Waals surface area contributed by atoms with Crippen molar-refractivity contribution in [2.75, 3.05) is 0 Å². The maximum Gasteiger partial charge on any atom is 0.136 e. The van der Waals surface area contributed by atoms with Crippen LogP contribution in [-0.2, 0) is 0 Å². The van der Waals surface area contributed by atoms with Crippen molar-refractivity contribution in [3.8, 4) is 22.5 Å². The number of para-hydroxylation sites is 3. The Hall–Kier alpha value is -6.58. The van der Waals surface area contributed by atoms with Gasteiger partial charge < -0.3 is 13.6 Å². The van der Waals surface area contributed by atoms with Gasteiger partial charge in [0, 0.05) is 43.7 Å². The van der Waals surface area contributed by atoms with E-state index in [9.17, 15) is 0 Å². The Kier molecular flexibility index (Phi) is 5.38. The molecule has 3 heterocycles. The van der Waals surface area contributed by atoms with Crippen LogP contribution in [0.15, 0.2) is 174 Å². The zero-order valence-electron chi connectivity index (χ0n) is 26.5. The van der Waals surface area contributed by atoms with E-state index in [2.05, 4.69) is 179 Å². The Morgan fingerprint density at radius 2 is 0.918 bits per heavy atom. The summed E-state index contributed by atoms with van der Waals surface area (Å²) in [6.45, 7) is 0. The number of nitrogens with zero attached hydrogens (tertiary/aromatic N) is 2. The number of fused-ring (bicyclic) bond motifs is 10. The summed E-state index contributed by atoms with van der Waals surface area (Å²) in [7, 11) is 0. The van der Waals surface area contributed by atoms with Gasteiger partial charge in [-0.3, -0.25) is 0 Å². The van der Waals surface area contributed by atoms with Crippen molar-refractivity contribution < 1.29 is 4.42 Å². The molecule has 0 saturated carbocycles. The lowest BCUT2D eigenvalue weighted by Crippen LogP contribution is -1.94. The van der Waals surface area contributed by atoms with Crippen LogP contribution in [0.5, 0.6) is 0 Å². The van der Waals surface area contributed by atoms with E-state index in [0.717, 1.165) is 27.6 Å². The Labute approximate surface area is 281 Å².